The van der Waals surface area contributed by atoms with Crippen molar-refractivity contribution in [1.29, 1.82) is 0 Å². The largest absolute Gasteiger partial charge is 0.459 e. The molecule has 25 heavy (non-hydrogen) atoms. The van der Waals surface area contributed by atoms with Crippen LogP contribution in [0.4, 0.5) is 0 Å². The molecule has 7 heteroatoms. The van der Waals surface area contributed by atoms with Gasteiger partial charge in [-0.25, -0.2) is 0 Å². The Kier molecular flexibility index (Phi) is 5.87. The van der Waals surface area contributed by atoms with Crippen LogP contribution in [0.5, 0.6) is 0 Å². The third-order valence-corrected chi connectivity index (χ3v) is 4.25. The number of hydrogen-bond donors (Lipinski definition) is 1. The van der Waals surface area contributed by atoms with E-state index in [4.69, 9.17) is 4.42 Å². The summed E-state index contributed by atoms with van der Waals surface area (Å²) < 4.78 is 5.05. The Labute approximate surface area is 148 Å². The summed E-state index contributed by atoms with van der Waals surface area (Å²) >= 11 is 0. The SMILES string of the molecule is CN(CC(=O)NC1CCN(C(=O)C(C)(C)C)CC1)C(=O)c1ccco1. The van der Waals surface area contributed by atoms with Crippen LogP contribution < -0.4 is 5.32 Å². The molecule has 1 aromatic rings. The van der Waals surface area contributed by atoms with Gasteiger partial charge in [0.25, 0.3) is 5.91 Å². The number of furan rings is 1. The third kappa shape index (κ3) is 5.08. The van der Waals surface area contributed by atoms with Crippen molar-refractivity contribution < 1.29 is 18.8 Å². The summed E-state index contributed by atoms with van der Waals surface area (Å²) in [6.07, 6.45) is 2.88. The Morgan fingerprint density at radius 1 is 1.28 bits per heavy atom. The average Bonchev–Trinajstić information content (AvgIpc) is 3.07. The third-order valence-electron chi connectivity index (χ3n) is 4.25. The second-order valence-corrected chi connectivity index (χ2v) is 7.52. The van der Waals surface area contributed by atoms with Gasteiger partial charge >= 0.3 is 0 Å². The van der Waals surface area contributed by atoms with Crippen LogP contribution in [0.2, 0.25) is 0 Å². The summed E-state index contributed by atoms with van der Waals surface area (Å²) in [5.41, 5.74) is -0.384. The summed E-state index contributed by atoms with van der Waals surface area (Å²) in [6.45, 7) is 6.99. The lowest BCUT2D eigenvalue weighted by atomic mass is 9.93. The molecule has 1 aliphatic heterocycles. The van der Waals surface area contributed by atoms with E-state index in [2.05, 4.69) is 5.32 Å². The van der Waals surface area contributed by atoms with Gasteiger partial charge in [0.2, 0.25) is 11.8 Å². The predicted molar refractivity (Wildman–Crippen MR) is 92.9 cm³/mol. The quantitative estimate of drug-likeness (QED) is 0.893. The van der Waals surface area contributed by atoms with Gasteiger partial charge in [-0.05, 0) is 25.0 Å². The predicted octanol–water partition coefficient (Wildman–Crippen LogP) is 1.50. The molecule has 0 aromatic carbocycles. The van der Waals surface area contributed by atoms with Crippen LogP contribution in [-0.2, 0) is 9.59 Å². The highest BCUT2D eigenvalue weighted by Gasteiger charge is 2.30. The number of likely N-dealkylation sites (tertiary alicyclic amines) is 1. The second-order valence-electron chi connectivity index (χ2n) is 7.52. The minimum atomic E-state index is -0.384. The van der Waals surface area contributed by atoms with E-state index in [1.54, 1.807) is 19.2 Å². The molecule has 3 amide bonds. The molecule has 1 N–H and O–H groups in total. The fourth-order valence-corrected chi connectivity index (χ4v) is 2.85. The first-order chi connectivity index (χ1) is 11.7. The Morgan fingerprint density at radius 2 is 1.92 bits per heavy atom. The van der Waals surface area contributed by atoms with Crippen LogP contribution in [0.25, 0.3) is 0 Å². The van der Waals surface area contributed by atoms with Gasteiger partial charge in [-0.3, -0.25) is 14.4 Å². The Bertz CT molecular complexity index is 611. The summed E-state index contributed by atoms with van der Waals surface area (Å²) in [7, 11) is 1.56. The number of hydrogen-bond acceptors (Lipinski definition) is 4. The lowest BCUT2D eigenvalue weighted by Gasteiger charge is -2.36. The van der Waals surface area contributed by atoms with Crippen LogP contribution >= 0.6 is 0 Å². The Balaban J connectivity index is 1.77. The monoisotopic (exact) mass is 349 g/mol. The number of carbonyl (C=O) groups is 3. The zero-order valence-electron chi connectivity index (χ0n) is 15.4. The number of carbonyl (C=O) groups excluding carboxylic acids is 3. The molecule has 0 atom stereocenters. The molecule has 0 spiro atoms. The number of nitrogens with zero attached hydrogens (tertiary/aromatic N) is 2. The van der Waals surface area contributed by atoms with Crippen molar-refractivity contribution in [3.05, 3.63) is 24.2 Å². The molecule has 1 fully saturated rings. The second kappa shape index (κ2) is 7.72. The van der Waals surface area contributed by atoms with E-state index in [0.29, 0.717) is 13.1 Å². The number of rotatable bonds is 4. The van der Waals surface area contributed by atoms with Crippen molar-refractivity contribution >= 4 is 17.7 Å². The summed E-state index contributed by atoms with van der Waals surface area (Å²) in [6, 6.07) is 3.23. The number of likely N-dealkylation sites (N-methyl/N-ethyl adjacent to an activating group) is 1. The van der Waals surface area contributed by atoms with Crippen LogP contribution in [0.3, 0.4) is 0 Å². The molecule has 2 heterocycles. The molecule has 1 saturated heterocycles. The van der Waals surface area contributed by atoms with Crippen LogP contribution in [0, 0.1) is 5.41 Å². The maximum absolute atomic E-state index is 12.3. The lowest BCUT2D eigenvalue weighted by Crippen LogP contribution is -2.50. The van der Waals surface area contributed by atoms with Crippen LogP contribution in [-0.4, -0.2) is 60.2 Å². The Morgan fingerprint density at radius 3 is 2.44 bits per heavy atom. The Hall–Kier alpha value is -2.31. The van der Waals surface area contributed by atoms with E-state index < -0.39 is 0 Å². The molecule has 1 aromatic heterocycles. The van der Waals surface area contributed by atoms with Crippen molar-refractivity contribution in [2.75, 3.05) is 26.7 Å². The normalized spacial score (nSPS) is 15.8. The minimum absolute atomic E-state index is 0.0271. The summed E-state index contributed by atoms with van der Waals surface area (Å²) in [4.78, 5) is 39.7. The van der Waals surface area contributed by atoms with Gasteiger partial charge in [0.1, 0.15) is 0 Å². The first-order valence-electron chi connectivity index (χ1n) is 8.56. The van der Waals surface area contributed by atoms with Gasteiger partial charge < -0.3 is 19.5 Å². The topological polar surface area (TPSA) is 82.9 Å². The first-order valence-corrected chi connectivity index (χ1v) is 8.56. The molecule has 0 aliphatic carbocycles. The van der Waals surface area contributed by atoms with E-state index >= 15 is 0 Å². The fraction of sp³-hybridized carbons (Fsp3) is 0.611. The molecule has 0 radical (unpaired) electrons. The first kappa shape index (κ1) is 19.0. The van der Waals surface area contributed by atoms with E-state index in [1.807, 2.05) is 25.7 Å². The van der Waals surface area contributed by atoms with E-state index in [0.717, 1.165) is 12.8 Å². The standard InChI is InChI=1S/C18H27N3O4/c1-18(2,3)17(24)21-9-7-13(8-10-21)19-15(22)12-20(4)16(23)14-6-5-11-25-14/h5-6,11,13H,7-10,12H2,1-4H3,(H,19,22). The average molecular weight is 349 g/mol. The molecule has 2 rings (SSSR count). The van der Waals surface area contributed by atoms with Crippen molar-refractivity contribution in [3.8, 4) is 0 Å². The molecule has 1 aliphatic rings. The number of nitrogens with one attached hydrogen (secondary N) is 1. The van der Waals surface area contributed by atoms with Crippen molar-refractivity contribution in [2.45, 2.75) is 39.7 Å². The molecule has 7 nitrogen and oxygen atoms in total. The van der Waals surface area contributed by atoms with Gasteiger partial charge in [0, 0.05) is 31.6 Å². The highest BCUT2D eigenvalue weighted by molar-refractivity contribution is 5.94. The van der Waals surface area contributed by atoms with Crippen LogP contribution in [0.15, 0.2) is 22.8 Å². The summed E-state index contributed by atoms with van der Waals surface area (Å²) in [5.74, 6) is -0.181. The van der Waals surface area contributed by atoms with Gasteiger partial charge in [-0.2, -0.15) is 0 Å². The fourth-order valence-electron chi connectivity index (χ4n) is 2.85. The maximum Gasteiger partial charge on any atom is 0.289 e. The van der Waals surface area contributed by atoms with Gasteiger partial charge in [-0.1, -0.05) is 20.8 Å². The van der Waals surface area contributed by atoms with E-state index in [1.165, 1.54) is 11.2 Å². The van der Waals surface area contributed by atoms with Crippen molar-refractivity contribution in [1.82, 2.24) is 15.1 Å². The zero-order valence-corrected chi connectivity index (χ0v) is 15.4. The van der Waals surface area contributed by atoms with Gasteiger partial charge in [0.05, 0.1) is 12.8 Å². The highest BCUT2D eigenvalue weighted by atomic mass is 16.3. The molecular weight excluding hydrogens is 322 g/mol. The minimum Gasteiger partial charge on any atom is -0.459 e. The molecule has 0 bridgehead atoms. The van der Waals surface area contributed by atoms with E-state index in [9.17, 15) is 14.4 Å². The van der Waals surface area contributed by atoms with Crippen molar-refractivity contribution in [2.24, 2.45) is 5.41 Å². The molecule has 0 saturated carbocycles. The molecule has 138 valence electrons. The summed E-state index contributed by atoms with van der Waals surface area (Å²) in [5, 5.41) is 2.95. The van der Waals surface area contributed by atoms with E-state index in [-0.39, 0.29) is 41.5 Å². The lowest BCUT2D eigenvalue weighted by molar-refractivity contribution is -0.140. The highest BCUT2D eigenvalue weighted by Crippen LogP contribution is 2.21. The number of piperidine rings is 1. The van der Waals surface area contributed by atoms with Gasteiger partial charge in [-0.15, -0.1) is 0 Å². The van der Waals surface area contributed by atoms with Crippen LogP contribution in [0.1, 0.15) is 44.2 Å². The maximum atomic E-state index is 12.3. The van der Waals surface area contributed by atoms with Gasteiger partial charge in [0.15, 0.2) is 5.76 Å². The molecular formula is C18H27N3O4. The van der Waals surface area contributed by atoms with Crippen molar-refractivity contribution in [3.63, 3.8) is 0 Å². The smallest absolute Gasteiger partial charge is 0.289 e. The zero-order chi connectivity index (χ0) is 18.6. The molecule has 0 unspecified atom stereocenters. The number of amides is 3.